The molecule has 0 amide bonds. The van der Waals surface area contributed by atoms with Gasteiger partial charge in [-0.3, -0.25) is 4.68 Å². The Bertz CT molecular complexity index is 491. The Morgan fingerprint density at radius 2 is 2.12 bits per heavy atom. The molecule has 0 aliphatic rings. The van der Waals surface area contributed by atoms with E-state index < -0.39 is 0 Å². The van der Waals surface area contributed by atoms with E-state index in [0.717, 1.165) is 23.7 Å². The highest BCUT2D eigenvalue weighted by Crippen LogP contribution is 2.23. The first-order valence-electron chi connectivity index (χ1n) is 5.64. The number of hydrogen-bond donors (Lipinski definition) is 1. The number of benzene rings is 1. The molecule has 0 saturated carbocycles. The zero-order valence-corrected chi connectivity index (χ0v) is 10.2. The number of para-hydroxylation sites is 2. The quantitative estimate of drug-likeness (QED) is 0.808. The molecule has 2 rings (SSSR count). The summed E-state index contributed by atoms with van der Waals surface area (Å²) in [5.41, 5.74) is 7.81. The first-order chi connectivity index (χ1) is 8.22. The topological polar surface area (TPSA) is 60.0 Å². The highest BCUT2D eigenvalue weighted by molar-refractivity contribution is 5.67. The maximum absolute atomic E-state index is 5.98. The second kappa shape index (κ2) is 4.86. The maximum Gasteiger partial charge on any atom is 0.146 e. The van der Waals surface area contributed by atoms with Crippen molar-refractivity contribution >= 4 is 11.4 Å². The van der Waals surface area contributed by atoms with E-state index in [9.17, 15) is 0 Å². The van der Waals surface area contributed by atoms with Crippen LogP contribution >= 0.6 is 0 Å². The van der Waals surface area contributed by atoms with Crippen LogP contribution in [-0.2, 0) is 13.6 Å². The number of nitrogen functional groups attached to an aromatic ring is 1. The number of rotatable bonds is 4. The summed E-state index contributed by atoms with van der Waals surface area (Å²) in [7, 11) is 1.89. The van der Waals surface area contributed by atoms with Gasteiger partial charge in [-0.2, -0.15) is 5.10 Å². The van der Waals surface area contributed by atoms with Crippen molar-refractivity contribution in [1.29, 1.82) is 0 Å². The van der Waals surface area contributed by atoms with Crippen LogP contribution in [0.3, 0.4) is 0 Å². The second-order valence-electron chi connectivity index (χ2n) is 3.87. The van der Waals surface area contributed by atoms with Gasteiger partial charge in [-0.1, -0.05) is 12.1 Å². The van der Waals surface area contributed by atoms with Crippen molar-refractivity contribution < 1.29 is 0 Å². The third-order valence-electron chi connectivity index (χ3n) is 2.80. The summed E-state index contributed by atoms with van der Waals surface area (Å²) < 4.78 is 1.78. The van der Waals surface area contributed by atoms with Crippen LogP contribution in [0, 0.1) is 0 Å². The van der Waals surface area contributed by atoms with Crippen molar-refractivity contribution in [2.75, 3.05) is 17.2 Å². The van der Waals surface area contributed by atoms with Gasteiger partial charge in [0, 0.05) is 13.6 Å². The number of nitrogens with zero attached hydrogens (tertiary/aromatic N) is 4. The number of anilines is 2. The van der Waals surface area contributed by atoms with Crippen molar-refractivity contribution in [3.8, 4) is 0 Å². The molecule has 0 atom stereocenters. The summed E-state index contributed by atoms with van der Waals surface area (Å²) in [5, 5.41) is 4.07. The Kier molecular flexibility index (Phi) is 3.27. The average Bonchev–Trinajstić information content (AvgIpc) is 2.73. The highest BCUT2D eigenvalue weighted by atomic mass is 15.3. The molecule has 1 heterocycles. The Morgan fingerprint density at radius 3 is 2.71 bits per heavy atom. The zero-order chi connectivity index (χ0) is 12.3. The van der Waals surface area contributed by atoms with Crippen molar-refractivity contribution in [2.45, 2.75) is 13.5 Å². The first-order valence-corrected chi connectivity index (χ1v) is 5.64. The summed E-state index contributed by atoms with van der Waals surface area (Å²) >= 11 is 0. The van der Waals surface area contributed by atoms with Crippen LogP contribution in [0.1, 0.15) is 12.7 Å². The zero-order valence-electron chi connectivity index (χ0n) is 10.2. The van der Waals surface area contributed by atoms with Crippen LogP contribution < -0.4 is 10.6 Å². The third kappa shape index (κ3) is 2.38. The number of aryl methyl sites for hydroxylation is 1. The van der Waals surface area contributed by atoms with Crippen molar-refractivity contribution in [3.05, 3.63) is 36.4 Å². The van der Waals surface area contributed by atoms with E-state index in [1.807, 2.05) is 31.3 Å². The monoisotopic (exact) mass is 231 g/mol. The maximum atomic E-state index is 5.98. The second-order valence-corrected chi connectivity index (χ2v) is 3.87. The van der Waals surface area contributed by atoms with Crippen LogP contribution in [0.4, 0.5) is 11.4 Å². The summed E-state index contributed by atoms with van der Waals surface area (Å²) in [6.45, 7) is 3.69. The van der Waals surface area contributed by atoms with Gasteiger partial charge in [-0.25, -0.2) is 4.98 Å². The summed E-state index contributed by atoms with van der Waals surface area (Å²) in [6, 6.07) is 7.86. The lowest BCUT2D eigenvalue weighted by atomic mass is 10.2. The molecule has 1 aromatic carbocycles. The minimum atomic E-state index is 0.710. The van der Waals surface area contributed by atoms with Crippen molar-refractivity contribution in [3.63, 3.8) is 0 Å². The largest absolute Gasteiger partial charge is 0.397 e. The van der Waals surface area contributed by atoms with E-state index in [4.69, 9.17) is 5.73 Å². The lowest BCUT2D eigenvalue weighted by molar-refractivity contribution is 0.675. The van der Waals surface area contributed by atoms with E-state index >= 15 is 0 Å². The SMILES string of the molecule is CCN(Cc1ncnn1C)c1ccccc1N. The molecule has 2 aromatic rings. The average molecular weight is 231 g/mol. The predicted octanol–water partition coefficient (Wildman–Crippen LogP) is 1.42. The Morgan fingerprint density at radius 1 is 1.35 bits per heavy atom. The fourth-order valence-corrected chi connectivity index (χ4v) is 1.78. The molecule has 0 unspecified atom stereocenters. The molecule has 0 radical (unpaired) electrons. The van der Waals surface area contributed by atoms with E-state index in [2.05, 4.69) is 21.9 Å². The Balaban J connectivity index is 2.23. The van der Waals surface area contributed by atoms with Crippen LogP contribution in [0.5, 0.6) is 0 Å². The summed E-state index contributed by atoms with van der Waals surface area (Å²) in [6.07, 6.45) is 1.57. The predicted molar refractivity (Wildman–Crippen MR) is 68.6 cm³/mol. The Labute approximate surface area is 101 Å². The van der Waals surface area contributed by atoms with E-state index in [0.29, 0.717) is 6.54 Å². The molecule has 17 heavy (non-hydrogen) atoms. The molecule has 2 N–H and O–H groups in total. The van der Waals surface area contributed by atoms with Gasteiger partial charge in [0.25, 0.3) is 0 Å². The molecule has 0 aliphatic carbocycles. The highest BCUT2D eigenvalue weighted by Gasteiger charge is 2.10. The van der Waals surface area contributed by atoms with Gasteiger partial charge in [0.05, 0.1) is 17.9 Å². The number of aromatic nitrogens is 3. The Hall–Kier alpha value is -2.04. The third-order valence-corrected chi connectivity index (χ3v) is 2.80. The molecular weight excluding hydrogens is 214 g/mol. The molecule has 0 spiro atoms. The van der Waals surface area contributed by atoms with Crippen LogP contribution in [0.25, 0.3) is 0 Å². The molecule has 0 bridgehead atoms. The lowest BCUT2D eigenvalue weighted by Gasteiger charge is -2.23. The summed E-state index contributed by atoms with van der Waals surface area (Å²) in [5.74, 6) is 0.926. The minimum absolute atomic E-state index is 0.710. The molecule has 90 valence electrons. The standard InChI is InChI=1S/C12H17N5/c1-3-17(8-12-14-9-15-16(12)2)11-7-5-4-6-10(11)13/h4-7,9H,3,8,13H2,1-2H3. The van der Waals surface area contributed by atoms with Gasteiger partial charge in [0.15, 0.2) is 0 Å². The molecule has 5 nitrogen and oxygen atoms in total. The van der Waals surface area contributed by atoms with Gasteiger partial charge in [-0.05, 0) is 19.1 Å². The van der Waals surface area contributed by atoms with Crippen molar-refractivity contribution in [1.82, 2.24) is 14.8 Å². The molecule has 0 aliphatic heterocycles. The molecule has 1 aromatic heterocycles. The smallest absolute Gasteiger partial charge is 0.146 e. The fourth-order valence-electron chi connectivity index (χ4n) is 1.78. The van der Waals surface area contributed by atoms with Crippen LogP contribution in [0.15, 0.2) is 30.6 Å². The number of hydrogen-bond acceptors (Lipinski definition) is 4. The first kappa shape index (κ1) is 11.4. The van der Waals surface area contributed by atoms with E-state index in [-0.39, 0.29) is 0 Å². The van der Waals surface area contributed by atoms with Crippen molar-refractivity contribution in [2.24, 2.45) is 7.05 Å². The van der Waals surface area contributed by atoms with Gasteiger partial charge < -0.3 is 10.6 Å². The van der Waals surface area contributed by atoms with E-state index in [1.165, 1.54) is 0 Å². The van der Waals surface area contributed by atoms with Crippen LogP contribution in [-0.4, -0.2) is 21.3 Å². The number of nitrogens with two attached hydrogens (primary N) is 1. The van der Waals surface area contributed by atoms with Crippen LogP contribution in [0.2, 0.25) is 0 Å². The molecule has 0 fully saturated rings. The van der Waals surface area contributed by atoms with Gasteiger partial charge in [0.2, 0.25) is 0 Å². The van der Waals surface area contributed by atoms with E-state index in [1.54, 1.807) is 11.0 Å². The van der Waals surface area contributed by atoms with Gasteiger partial charge in [0.1, 0.15) is 12.2 Å². The fraction of sp³-hybridized carbons (Fsp3) is 0.333. The van der Waals surface area contributed by atoms with Gasteiger partial charge >= 0.3 is 0 Å². The lowest BCUT2D eigenvalue weighted by Crippen LogP contribution is -2.24. The summed E-state index contributed by atoms with van der Waals surface area (Å²) in [4.78, 5) is 6.41. The molecule has 0 saturated heterocycles. The normalized spacial score (nSPS) is 10.5. The van der Waals surface area contributed by atoms with Gasteiger partial charge in [-0.15, -0.1) is 0 Å². The minimum Gasteiger partial charge on any atom is -0.397 e. The molecular formula is C12H17N5. The molecule has 5 heteroatoms.